The monoisotopic (exact) mass is 305 g/mol. The first-order chi connectivity index (χ1) is 10.3. The Morgan fingerprint density at radius 1 is 1.14 bits per heavy atom. The fourth-order valence-electron chi connectivity index (χ4n) is 2.14. The van der Waals surface area contributed by atoms with E-state index in [1.807, 2.05) is 24.3 Å². The van der Waals surface area contributed by atoms with Crippen molar-refractivity contribution in [2.45, 2.75) is 0 Å². The van der Waals surface area contributed by atoms with Crippen LogP contribution in [0.25, 0.3) is 11.4 Å². The summed E-state index contributed by atoms with van der Waals surface area (Å²) in [6.07, 6.45) is 0. The summed E-state index contributed by atoms with van der Waals surface area (Å²) < 4.78 is 5.36. The largest absolute Gasteiger partial charge is 0.378 e. The van der Waals surface area contributed by atoms with Gasteiger partial charge in [0, 0.05) is 25.7 Å². The number of rotatable bonds is 3. The third-order valence-electron chi connectivity index (χ3n) is 3.26. The molecule has 1 aliphatic rings. The van der Waals surface area contributed by atoms with Crippen LogP contribution >= 0.6 is 11.6 Å². The van der Waals surface area contributed by atoms with Gasteiger partial charge in [-0.15, -0.1) is 0 Å². The molecule has 1 saturated heterocycles. The van der Waals surface area contributed by atoms with E-state index in [9.17, 15) is 0 Å². The normalized spacial score (nSPS) is 15.0. The molecule has 2 aromatic rings. The third-order valence-corrected chi connectivity index (χ3v) is 3.59. The smallest absolute Gasteiger partial charge is 0.230 e. The van der Waals surface area contributed by atoms with Gasteiger partial charge in [-0.2, -0.15) is 15.0 Å². The molecule has 1 aromatic carbocycles. The van der Waals surface area contributed by atoms with Crippen molar-refractivity contribution in [2.75, 3.05) is 43.6 Å². The van der Waals surface area contributed by atoms with Crippen LogP contribution in [0.2, 0.25) is 5.02 Å². The molecule has 1 aliphatic heterocycles. The summed E-state index contributed by atoms with van der Waals surface area (Å²) >= 11 is 6.24. The van der Waals surface area contributed by atoms with Crippen molar-refractivity contribution in [3.63, 3.8) is 0 Å². The second kappa shape index (κ2) is 6.24. The fourth-order valence-corrected chi connectivity index (χ4v) is 2.36. The number of nitrogens with zero attached hydrogens (tertiary/aromatic N) is 4. The first kappa shape index (κ1) is 14.0. The van der Waals surface area contributed by atoms with Crippen molar-refractivity contribution < 1.29 is 4.74 Å². The third kappa shape index (κ3) is 3.06. The molecule has 7 heteroatoms. The van der Waals surface area contributed by atoms with Gasteiger partial charge in [-0.25, -0.2) is 0 Å². The SMILES string of the molecule is CNc1nc(-c2ccccc2Cl)nc(N2CCOCC2)n1. The van der Waals surface area contributed by atoms with E-state index in [0.717, 1.165) is 18.7 Å². The predicted octanol–water partition coefficient (Wildman–Crippen LogP) is 2.07. The molecule has 1 aromatic heterocycles. The Balaban J connectivity index is 2.02. The molecule has 1 fully saturated rings. The van der Waals surface area contributed by atoms with Gasteiger partial charge in [-0.1, -0.05) is 23.7 Å². The van der Waals surface area contributed by atoms with Crippen LogP contribution in [0.5, 0.6) is 0 Å². The van der Waals surface area contributed by atoms with Gasteiger partial charge < -0.3 is 15.0 Å². The zero-order valence-electron chi connectivity index (χ0n) is 11.7. The van der Waals surface area contributed by atoms with Gasteiger partial charge in [0.25, 0.3) is 0 Å². The first-order valence-electron chi connectivity index (χ1n) is 6.79. The van der Waals surface area contributed by atoms with Gasteiger partial charge >= 0.3 is 0 Å². The Kier molecular flexibility index (Phi) is 4.17. The molecule has 0 amide bonds. The Labute approximate surface area is 128 Å². The molecule has 3 rings (SSSR count). The van der Waals surface area contributed by atoms with Crippen molar-refractivity contribution in [2.24, 2.45) is 0 Å². The average molecular weight is 306 g/mol. The summed E-state index contributed by atoms with van der Waals surface area (Å²) in [5.74, 6) is 1.75. The van der Waals surface area contributed by atoms with Crippen LogP contribution in [0, 0.1) is 0 Å². The molecule has 1 N–H and O–H groups in total. The summed E-state index contributed by atoms with van der Waals surface area (Å²) in [5.41, 5.74) is 0.799. The Bertz CT molecular complexity index is 631. The number of aromatic nitrogens is 3. The molecule has 0 spiro atoms. The molecule has 0 unspecified atom stereocenters. The summed E-state index contributed by atoms with van der Waals surface area (Å²) in [5, 5.41) is 3.60. The number of benzene rings is 1. The summed E-state index contributed by atoms with van der Waals surface area (Å²) in [7, 11) is 1.79. The quantitative estimate of drug-likeness (QED) is 0.936. The number of hydrogen-bond acceptors (Lipinski definition) is 6. The minimum atomic E-state index is 0.529. The number of ether oxygens (including phenoxy) is 1. The van der Waals surface area contributed by atoms with E-state index in [0.29, 0.717) is 36.0 Å². The van der Waals surface area contributed by atoms with Crippen LogP contribution in [-0.4, -0.2) is 48.3 Å². The second-order valence-corrected chi connectivity index (χ2v) is 5.02. The lowest BCUT2D eigenvalue weighted by molar-refractivity contribution is 0.122. The maximum atomic E-state index is 6.24. The second-order valence-electron chi connectivity index (χ2n) is 4.61. The highest BCUT2D eigenvalue weighted by Gasteiger charge is 2.17. The zero-order valence-corrected chi connectivity index (χ0v) is 12.5. The van der Waals surface area contributed by atoms with Crippen LogP contribution in [0.3, 0.4) is 0 Å². The average Bonchev–Trinajstić information content (AvgIpc) is 2.55. The van der Waals surface area contributed by atoms with Crippen LogP contribution in [0.1, 0.15) is 0 Å². The minimum Gasteiger partial charge on any atom is -0.378 e. The Hall–Kier alpha value is -1.92. The number of halogens is 1. The molecule has 6 nitrogen and oxygen atoms in total. The van der Waals surface area contributed by atoms with Crippen LogP contribution in [0.4, 0.5) is 11.9 Å². The summed E-state index contributed by atoms with van der Waals surface area (Å²) in [6.45, 7) is 2.91. The van der Waals surface area contributed by atoms with E-state index < -0.39 is 0 Å². The van der Waals surface area contributed by atoms with E-state index in [4.69, 9.17) is 16.3 Å². The number of anilines is 2. The van der Waals surface area contributed by atoms with Crippen molar-refractivity contribution in [1.29, 1.82) is 0 Å². The number of morpholine rings is 1. The van der Waals surface area contributed by atoms with Gasteiger partial charge in [-0.05, 0) is 12.1 Å². The van der Waals surface area contributed by atoms with Gasteiger partial charge in [0.05, 0.1) is 18.2 Å². The summed E-state index contributed by atoms with van der Waals surface area (Å²) in [6, 6.07) is 7.53. The summed E-state index contributed by atoms with van der Waals surface area (Å²) in [4.78, 5) is 15.5. The van der Waals surface area contributed by atoms with Crippen LogP contribution < -0.4 is 10.2 Å². The van der Waals surface area contributed by atoms with Crippen molar-refractivity contribution in [3.05, 3.63) is 29.3 Å². The lowest BCUT2D eigenvalue weighted by atomic mass is 10.2. The molecule has 0 saturated carbocycles. The van der Waals surface area contributed by atoms with Gasteiger partial charge in [0.2, 0.25) is 11.9 Å². The van der Waals surface area contributed by atoms with Crippen LogP contribution in [-0.2, 0) is 4.74 Å². The van der Waals surface area contributed by atoms with Gasteiger partial charge in [0.1, 0.15) is 0 Å². The molecule has 110 valence electrons. The molecular weight excluding hydrogens is 290 g/mol. The Morgan fingerprint density at radius 3 is 2.62 bits per heavy atom. The molecule has 0 radical (unpaired) electrons. The first-order valence-corrected chi connectivity index (χ1v) is 7.17. The predicted molar refractivity (Wildman–Crippen MR) is 82.9 cm³/mol. The highest BCUT2D eigenvalue weighted by atomic mass is 35.5. The van der Waals surface area contributed by atoms with E-state index in [2.05, 4.69) is 25.2 Å². The highest BCUT2D eigenvalue weighted by molar-refractivity contribution is 6.33. The number of hydrogen-bond donors (Lipinski definition) is 1. The van der Waals surface area contributed by atoms with E-state index >= 15 is 0 Å². The van der Waals surface area contributed by atoms with E-state index in [1.54, 1.807) is 7.05 Å². The standard InChI is InChI=1S/C14H16ClN5O/c1-16-13-17-12(10-4-2-3-5-11(10)15)18-14(19-13)20-6-8-21-9-7-20/h2-5H,6-9H2,1H3,(H,16,17,18,19). The fraction of sp³-hybridized carbons (Fsp3) is 0.357. The highest BCUT2D eigenvalue weighted by Crippen LogP contribution is 2.26. The van der Waals surface area contributed by atoms with Gasteiger partial charge in [0.15, 0.2) is 5.82 Å². The maximum Gasteiger partial charge on any atom is 0.230 e. The molecular formula is C14H16ClN5O. The van der Waals surface area contributed by atoms with E-state index in [-0.39, 0.29) is 0 Å². The van der Waals surface area contributed by atoms with E-state index in [1.165, 1.54) is 0 Å². The molecule has 0 aliphatic carbocycles. The van der Waals surface area contributed by atoms with Crippen LogP contribution in [0.15, 0.2) is 24.3 Å². The van der Waals surface area contributed by atoms with Crippen molar-refractivity contribution >= 4 is 23.5 Å². The van der Waals surface area contributed by atoms with Crippen molar-refractivity contribution in [3.8, 4) is 11.4 Å². The topological polar surface area (TPSA) is 63.2 Å². The van der Waals surface area contributed by atoms with Gasteiger partial charge in [-0.3, -0.25) is 0 Å². The molecule has 2 heterocycles. The minimum absolute atomic E-state index is 0.529. The number of nitrogens with one attached hydrogen (secondary N) is 1. The lowest BCUT2D eigenvalue weighted by Crippen LogP contribution is -2.37. The molecule has 21 heavy (non-hydrogen) atoms. The maximum absolute atomic E-state index is 6.24. The van der Waals surface area contributed by atoms with Crippen molar-refractivity contribution in [1.82, 2.24) is 15.0 Å². The molecule has 0 atom stereocenters. The molecule has 0 bridgehead atoms. The zero-order chi connectivity index (χ0) is 14.7. The lowest BCUT2D eigenvalue weighted by Gasteiger charge is -2.27. The Morgan fingerprint density at radius 2 is 1.90 bits per heavy atom.